The summed E-state index contributed by atoms with van der Waals surface area (Å²) in [4.78, 5) is 0. The fourth-order valence-corrected chi connectivity index (χ4v) is 1.68. The number of aliphatic hydroxyl groups is 1. The number of rotatable bonds is 2. The van der Waals surface area contributed by atoms with E-state index in [0.717, 1.165) is 15.6 Å². The average molecular weight is 244 g/mol. The molecule has 2 nitrogen and oxygen atoms in total. The molecule has 0 spiro atoms. The third kappa shape index (κ3) is 2.10. The Morgan fingerprint density at radius 1 is 1.46 bits per heavy atom. The van der Waals surface area contributed by atoms with Crippen molar-refractivity contribution in [3.8, 4) is 0 Å². The van der Waals surface area contributed by atoms with Crippen molar-refractivity contribution in [1.29, 1.82) is 0 Å². The summed E-state index contributed by atoms with van der Waals surface area (Å²) >= 11 is 3.48. The van der Waals surface area contributed by atoms with E-state index in [2.05, 4.69) is 15.9 Å². The Labute approximate surface area is 86.9 Å². The van der Waals surface area contributed by atoms with Gasteiger partial charge in [0, 0.05) is 11.0 Å². The molecule has 0 aliphatic rings. The quantitative estimate of drug-likeness (QED) is 0.836. The summed E-state index contributed by atoms with van der Waals surface area (Å²) in [5, 5.41) is 9.58. The van der Waals surface area contributed by atoms with Crippen molar-refractivity contribution in [2.24, 2.45) is 5.73 Å². The summed E-state index contributed by atoms with van der Waals surface area (Å²) in [5.74, 6) is 0. The number of nitrogens with two attached hydrogens (primary N) is 1. The fraction of sp³-hybridized carbons (Fsp3) is 0.400. The summed E-state index contributed by atoms with van der Waals surface area (Å²) in [5.41, 5.74) is 8.54. The monoisotopic (exact) mass is 243 g/mol. The molecule has 0 heterocycles. The lowest BCUT2D eigenvalue weighted by molar-refractivity contribution is 0.186. The molecular weight excluding hydrogens is 230 g/mol. The number of hydrogen-bond donors (Lipinski definition) is 2. The molecule has 72 valence electrons. The first-order chi connectivity index (χ1) is 6.07. The topological polar surface area (TPSA) is 46.2 Å². The minimum atomic E-state index is -0.558. The second kappa shape index (κ2) is 4.22. The number of halogens is 1. The van der Waals surface area contributed by atoms with E-state index < -0.39 is 6.10 Å². The van der Waals surface area contributed by atoms with Gasteiger partial charge in [0.1, 0.15) is 0 Å². The summed E-state index contributed by atoms with van der Waals surface area (Å²) in [6.45, 7) is 4.26. The lowest BCUT2D eigenvalue weighted by Crippen LogP contribution is -2.13. The van der Waals surface area contributed by atoms with E-state index in [-0.39, 0.29) is 6.54 Å². The molecule has 1 rings (SSSR count). The molecule has 0 fully saturated rings. The fourth-order valence-electron chi connectivity index (χ4n) is 1.32. The van der Waals surface area contributed by atoms with E-state index in [1.54, 1.807) is 0 Å². The lowest BCUT2D eigenvalue weighted by Gasteiger charge is -2.14. The van der Waals surface area contributed by atoms with E-state index in [0.29, 0.717) is 0 Å². The minimum absolute atomic E-state index is 0.260. The van der Waals surface area contributed by atoms with Crippen LogP contribution in [0.3, 0.4) is 0 Å². The number of aliphatic hydroxyl groups excluding tert-OH is 1. The van der Waals surface area contributed by atoms with Gasteiger partial charge in [-0.25, -0.2) is 0 Å². The van der Waals surface area contributed by atoms with Gasteiger partial charge in [-0.1, -0.05) is 28.1 Å². The Kier molecular flexibility index (Phi) is 3.47. The van der Waals surface area contributed by atoms with Gasteiger partial charge in [0.15, 0.2) is 0 Å². The molecule has 0 aromatic heterocycles. The first-order valence-electron chi connectivity index (χ1n) is 4.21. The van der Waals surface area contributed by atoms with Gasteiger partial charge < -0.3 is 10.8 Å². The Bertz CT molecular complexity index is 312. The highest BCUT2D eigenvalue weighted by Gasteiger charge is 2.11. The Morgan fingerprint density at radius 2 is 2.08 bits per heavy atom. The largest absolute Gasteiger partial charge is 0.387 e. The van der Waals surface area contributed by atoms with Crippen LogP contribution >= 0.6 is 15.9 Å². The van der Waals surface area contributed by atoms with Gasteiger partial charge in [-0.05, 0) is 30.5 Å². The summed E-state index contributed by atoms with van der Waals surface area (Å²) in [6.07, 6.45) is -0.558. The normalized spacial score (nSPS) is 13.0. The maximum Gasteiger partial charge on any atom is 0.0915 e. The van der Waals surface area contributed by atoms with E-state index in [9.17, 15) is 5.11 Å². The minimum Gasteiger partial charge on any atom is -0.387 e. The predicted octanol–water partition coefficient (Wildman–Crippen LogP) is 2.06. The molecule has 0 aliphatic heterocycles. The van der Waals surface area contributed by atoms with Crippen LogP contribution in [0.5, 0.6) is 0 Å². The van der Waals surface area contributed by atoms with Gasteiger partial charge in [-0.3, -0.25) is 0 Å². The van der Waals surface area contributed by atoms with Crippen molar-refractivity contribution in [2.45, 2.75) is 20.0 Å². The SMILES string of the molecule is Cc1ccc([C@@H](O)CN)c(C)c1Br. The Balaban J connectivity index is 3.18. The summed E-state index contributed by atoms with van der Waals surface area (Å²) < 4.78 is 1.05. The molecule has 1 aromatic carbocycles. The number of aryl methyl sites for hydroxylation is 1. The van der Waals surface area contributed by atoms with Crippen molar-refractivity contribution in [1.82, 2.24) is 0 Å². The number of benzene rings is 1. The second-order valence-corrected chi connectivity index (χ2v) is 3.96. The third-order valence-electron chi connectivity index (χ3n) is 2.20. The van der Waals surface area contributed by atoms with Crippen LogP contribution in [0.15, 0.2) is 16.6 Å². The third-order valence-corrected chi connectivity index (χ3v) is 3.42. The molecule has 1 atom stereocenters. The Hall–Kier alpha value is -0.380. The summed E-state index contributed by atoms with van der Waals surface area (Å²) in [6, 6.07) is 3.90. The van der Waals surface area contributed by atoms with Gasteiger partial charge >= 0.3 is 0 Å². The van der Waals surface area contributed by atoms with Crippen LogP contribution in [0.4, 0.5) is 0 Å². The summed E-state index contributed by atoms with van der Waals surface area (Å²) in [7, 11) is 0. The van der Waals surface area contributed by atoms with Crippen molar-refractivity contribution in [3.05, 3.63) is 33.3 Å². The standard InChI is InChI=1S/C10H14BrNO/c1-6-3-4-8(9(13)5-12)7(2)10(6)11/h3-4,9,13H,5,12H2,1-2H3/t9-/m0/s1. The number of hydrogen-bond acceptors (Lipinski definition) is 2. The van der Waals surface area contributed by atoms with Gasteiger partial charge in [0.2, 0.25) is 0 Å². The van der Waals surface area contributed by atoms with E-state index in [4.69, 9.17) is 5.73 Å². The molecule has 0 aliphatic carbocycles. The molecule has 1 aromatic rings. The molecular formula is C10H14BrNO. The highest BCUT2D eigenvalue weighted by molar-refractivity contribution is 9.10. The first kappa shape index (κ1) is 10.7. The van der Waals surface area contributed by atoms with Gasteiger partial charge in [-0.15, -0.1) is 0 Å². The van der Waals surface area contributed by atoms with Crippen LogP contribution < -0.4 is 5.73 Å². The smallest absolute Gasteiger partial charge is 0.0915 e. The average Bonchev–Trinajstić information content (AvgIpc) is 2.13. The van der Waals surface area contributed by atoms with Crippen LogP contribution in [-0.4, -0.2) is 11.7 Å². The zero-order chi connectivity index (χ0) is 10.0. The van der Waals surface area contributed by atoms with E-state index in [1.165, 1.54) is 5.56 Å². The van der Waals surface area contributed by atoms with E-state index in [1.807, 2.05) is 26.0 Å². The molecule has 0 saturated heterocycles. The highest BCUT2D eigenvalue weighted by atomic mass is 79.9. The molecule has 0 radical (unpaired) electrons. The maximum atomic E-state index is 9.58. The van der Waals surface area contributed by atoms with Crippen LogP contribution in [0, 0.1) is 13.8 Å². The second-order valence-electron chi connectivity index (χ2n) is 3.16. The van der Waals surface area contributed by atoms with Crippen LogP contribution in [0.2, 0.25) is 0 Å². The molecule has 3 heteroatoms. The molecule has 0 bridgehead atoms. The Morgan fingerprint density at radius 3 is 2.62 bits per heavy atom. The molecule has 3 N–H and O–H groups in total. The molecule has 0 unspecified atom stereocenters. The van der Waals surface area contributed by atoms with Crippen LogP contribution in [-0.2, 0) is 0 Å². The van der Waals surface area contributed by atoms with Crippen molar-refractivity contribution in [2.75, 3.05) is 6.54 Å². The van der Waals surface area contributed by atoms with Gasteiger partial charge in [-0.2, -0.15) is 0 Å². The first-order valence-corrected chi connectivity index (χ1v) is 5.01. The van der Waals surface area contributed by atoms with Gasteiger partial charge in [0.25, 0.3) is 0 Å². The van der Waals surface area contributed by atoms with Crippen molar-refractivity contribution >= 4 is 15.9 Å². The molecule has 0 saturated carbocycles. The van der Waals surface area contributed by atoms with Crippen molar-refractivity contribution in [3.63, 3.8) is 0 Å². The highest BCUT2D eigenvalue weighted by Crippen LogP contribution is 2.27. The zero-order valence-electron chi connectivity index (χ0n) is 7.84. The van der Waals surface area contributed by atoms with E-state index >= 15 is 0 Å². The predicted molar refractivity (Wildman–Crippen MR) is 57.6 cm³/mol. The lowest BCUT2D eigenvalue weighted by atomic mass is 10.0. The van der Waals surface area contributed by atoms with Gasteiger partial charge in [0.05, 0.1) is 6.10 Å². The maximum absolute atomic E-state index is 9.58. The zero-order valence-corrected chi connectivity index (χ0v) is 9.43. The van der Waals surface area contributed by atoms with Crippen molar-refractivity contribution < 1.29 is 5.11 Å². The van der Waals surface area contributed by atoms with Crippen LogP contribution in [0.25, 0.3) is 0 Å². The molecule has 13 heavy (non-hydrogen) atoms. The molecule has 0 amide bonds. The van der Waals surface area contributed by atoms with Crippen LogP contribution in [0.1, 0.15) is 22.8 Å².